The molecule has 1 saturated carbocycles. The molecule has 1 atom stereocenters. The zero-order valence-electron chi connectivity index (χ0n) is 13.7. The Morgan fingerprint density at radius 2 is 1.53 bits per heavy atom. The lowest BCUT2D eigenvalue weighted by Gasteiger charge is -2.35. The molecule has 0 bridgehead atoms. The third kappa shape index (κ3) is 2.90. The average Bonchev–Trinajstić information content (AvgIpc) is 2.55. The van der Waals surface area contributed by atoms with E-state index in [4.69, 9.17) is 0 Å². The van der Waals surface area contributed by atoms with Crippen LogP contribution in [0.4, 0.5) is 0 Å². The predicted octanol–water partition coefficient (Wildman–Crippen LogP) is 4.96. The Morgan fingerprint density at radius 1 is 0.947 bits per heavy atom. The van der Waals surface area contributed by atoms with E-state index >= 15 is 0 Å². The maximum absolute atomic E-state index is 4.09. The molecule has 19 heavy (non-hydrogen) atoms. The molecule has 0 radical (unpaired) electrons. The van der Waals surface area contributed by atoms with E-state index in [2.05, 4.69) is 45.8 Å². The van der Waals surface area contributed by atoms with Crippen molar-refractivity contribution in [1.29, 1.82) is 0 Å². The molecule has 1 unspecified atom stereocenters. The number of hydrogen-bond acceptors (Lipinski definition) is 1. The highest BCUT2D eigenvalue weighted by atomic mass is 28.3. The molecule has 0 heterocycles. The minimum atomic E-state index is -1.50. The molecule has 1 fully saturated rings. The van der Waals surface area contributed by atoms with E-state index in [1.807, 2.05) is 0 Å². The lowest BCUT2D eigenvalue weighted by atomic mass is 9.96. The Balaban J connectivity index is 2.19. The van der Waals surface area contributed by atoms with Gasteiger partial charge >= 0.3 is 0 Å². The van der Waals surface area contributed by atoms with Crippen LogP contribution in [0.5, 0.6) is 0 Å². The smallest absolute Gasteiger partial charge is 0.152 e. The molecule has 0 spiro atoms. The lowest BCUT2D eigenvalue weighted by Crippen LogP contribution is -2.53. The minimum absolute atomic E-state index is 0.662. The maximum atomic E-state index is 4.09. The highest BCUT2D eigenvalue weighted by Crippen LogP contribution is 2.40. The SMILES string of the molecule is CC1=C(C)C(C)C(C)=C1[Si](C)(C)NC1CCCCC1. The van der Waals surface area contributed by atoms with Crippen LogP contribution in [0.1, 0.15) is 59.8 Å². The number of rotatable bonds is 3. The summed E-state index contributed by atoms with van der Waals surface area (Å²) in [5, 5.41) is 1.71. The van der Waals surface area contributed by atoms with Crippen molar-refractivity contribution in [2.45, 2.75) is 78.9 Å². The molecule has 2 rings (SSSR count). The van der Waals surface area contributed by atoms with Crippen LogP contribution in [0.2, 0.25) is 13.1 Å². The second-order valence-electron chi connectivity index (χ2n) is 7.19. The van der Waals surface area contributed by atoms with Crippen LogP contribution in [0, 0.1) is 5.92 Å². The molecule has 1 nitrogen and oxygen atoms in total. The Bertz CT molecular complexity index is 411. The molecular weight excluding hydrogens is 246 g/mol. The Hall–Kier alpha value is -0.343. The van der Waals surface area contributed by atoms with Gasteiger partial charge in [0.2, 0.25) is 0 Å². The highest BCUT2D eigenvalue weighted by Gasteiger charge is 2.36. The highest BCUT2D eigenvalue weighted by molar-refractivity contribution is 6.83. The van der Waals surface area contributed by atoms with Crippen molar-refractivity contribution in [3.63, 3.8) is 0 Å². The van der Waals surface area contributed by atoms with Gasteiger partial charge in [-0.15, -0.1) is 0 Å². The van der Waals surface area contributed by atoms with Crippen molar-refractivity contribution >= 4 is 8.24 Å². The minimum Gasteiger partial charge on any atom is -0.331 e. The standard InChI is InChI=1S/C17H31NSi/c1-12-13(2)15(4)17(14(12)3)19(5,6)18-16-10-8-7-9-11-16/h12,16,18H,7-11H2,1-6H3. The normalized spacial score (nSPS) is 26.5. The summed E-state index contributed by atoms with van der Waals surface area (Å²) in [4.78, 5) is 4.09. The summed E-state index contributed by atoms with van der Waals surface area (Å²) >= 11 is 0. The molecule has 0 aliphatic heterocycles. The van der Waals surface area contributed by atoms with Crippen LogP contribution in [-0.4, -0.2) is 14.3 Å². The van der Waals surface area contributed by atoms with Crippen LogP contribution in [0.3, 0.4) is 0 Å². The number of nitrogens with one attached hydrogen (secondary N) is 1. The first kappa shape index (κ1) is 15.1. The molecule has 0 aromatic carbocycles. The van der Waals surface area contributed by atoms with E-state index in [0.29, 0.717) is 5.92 Å². The van der Waals surface area contributed by atoms with E-state index in [9.17, 15) is 0 Å². The predicted molar refractivity (Wildman–Crippen MR) is 87.7 cm³/mol. The van der Waals surface area contributed by atoms with Crippen molar-refractivity contribution in [2.24, 2.45) is 5.92 Å². The molecule has 1 N–H and O–H groups in total. The summed E-state index contributed by atoms with van der Waals surface area (Å²) in [6, 6.07) is 0.778. The Morgan fingerprint density at radius 3 is 2.00 bits per heavy atom. The zero-order chi connectivity index (χ0) is 14.2. The summed E-state index contributed by atoms with van der Waals surface area (Å²) < 4.78 is 0. The van der Waals surface area contributed by atoms with Crippen LogP contribution < -0.4 is 4.98 Å². The van der Waals surface area contributed by atoms with E-state index in [0.717, 1.165) is 6.04 Å². The van der Waals surface area contributed by atoms with Crippen LogP contribution in [0.25, 0.3) is 0 Å². The van der Waals surface area contributed by atoms with Crippen LogP contribution in [-0.2, 0) is 0 Å². The van der Waals surface area contributed by atoms with Crippen LogP contribution in [0.15, 0.2) is 21.9 Å². The number of hydrogen-bond donors (Lipinski definition) is 1. The van der Waals surface area contributed by atoms with Gasteiger partial charge in [0, 0.05) is 6.04 Å². The monoisotopic (exact) mass is 277 g/mol. The summed E-state index contributed by atoms with van der Waals surface area (Å²) in [5.41, 5.74) is 4.82. The molecule has 0 saturated heterocycles. The van der Waals surface area contributed by atoms with Gasteiger partial charge in [-0.1, -0.05) is 56.0 Å². The fourth-order valence-electron chi connectivity index (χ4n) is 4.15. The van der Waals surface area contributed by atoms with Crippen molar-refractivity contribution in [1.82, 2.24) is 4.98 Å². The summed E-state index contributed by atoms with van der Waals surface area (Å²) in [7, 11) is -1.50. The molecule has 0 amide bonds. The quantitative estimate of drug-likeness (QED) is 0.719. The molecule has 2 heteroatoms. The van der Waals surface area contributed by atoms with Crippen molar-refractivity contribution in [2.75, 3.05) is 0 Å². The summed E-state index contributed by atoms with van der Waals surface area (Å²) in [6.07, 6.45) is 7.06. The molecule has 0 aromatic rings. The van der Waals surface area contributed by atoms with Gasteiger partial charge in [-0.05, 0) is 44.7 Å². The van der Waals surface area contributed by atoms with Crippen molar-refractivity contribution in [3.8, 4) is 0 Å². The fourth-order valence-corrected chi connectivity index (χ4v) is 7.94. The first-order valence-corrected chi connectivity index (χ1v) is 11.0. The van der Waals surface area contributed by atoms with Gasteiger partial charge < -0.3 is 4.98 Å². The summed E-state index contributed by atoms with van der Waals surface area (Å²) in [5.74, 6) is 0.662. The second kappa shape index (κ2) is 5.57. The molecule has 2 aliphatic rings. The number of allylic oxidation sites excluding steroid dienone is 4. The molecule has 0 aromatic heterocycles. The van der Waals surface area contributed by atoms with Gasteiger partial charge in [-0.25, -0.2) is 0 Å². The van der Waals surface area contributed by atoms with Gasteiger partial charge in [0.1, 0.15) is 0 Å². The van der Waals surface area contributed by atoms with Gasteiger partial charge in [-0.2, -0.15) is 0 Å². The zero-order valence-corrected chi connectivity index (χ0v) is 14.7. The Kier molecular flexibility index (Phi) is 4.41. The van der Waals surface area contributed by atoms with Crippen molar-refractivity contribution < 1.29 is 0 Å². The largest absolute Gasteiger partial charge is 0.331 e. The molecule has 2 aliphatic carbocycles. The van der Waals surface area contributed by atoms with Gasteiger partial charge in [0.25, 0.3) is 0 Å². The first-order chi connectivity index (χ1) is 8.84. The van der Waals surface area contributed by atoms with Crippen molar-refractivity contribution in [3.05, 3.63) is 21.9 Å². The second-order valence-corrected chi connectivity index (χ2v) is 11.2. The van der Waals surface area contributed by atoms with Gasteiger partial charge in [-0.3, -0.25) is 0 Å². The third-order valence-electron chi connectivity index (χ3n) is 5.46. The fraction of sp³-hybridized carbons (Fsp3) is 0.765. The summed E-state index contributed by atoms with van der Waals surface area (Å²) in [6.45, 7) is 14.4. The third-order valence-corrected chi connectivity index (χ3v) is 8.60. The Labute approximate surface area is 120 Å². The van der Waals surface area contributed by atoms with Gasteiger partial charge in [0.05, 0.1) is 0 Å². The van der Waals surface area contributed by atoms with E-state index < -0.39 is 8.24 Å². The van der Waals surface area contributed by atoms with Crippen LogP contribution >= 0.6 is 0 Å². The first-order valence-electron chi connectivity index (χ1n) is 8.01. The average molecular weight is 278 g/mol. The molecular formula is C17H31NSi. The van der Waals surface area contributed by atoms with E-state index in [1.165, 1.54) is 32.1 Å². The van der Waals surface area contributed by atoms with Gasteiger partial charge in [0.15, 0.2) is 8.24 Å². The van der Waals surface area contributed by atoms with E-state index in [1.54, 1.807) is 21.9 Å². The maximum Gasteiger partial charge on any atom is 0.152 e. The lowest BCUT2D eigenvalue weighted by molar-refractivity contribution is 0.414. The topological polar surface area (TPSA) is 12.0 Å². The van der Waals surface area contributed by atoms with E-state index in [-0.39, 0.29) is 0 Å². The molecule has 108 valence electrons.